The van der Waals surface area contributed by atoms with Crippen LogP contribution < -0.4 is 5.32 Å². The molecule has 0 saturated carbocycles. The molecule has 2 amide bonds. The Morgan fingerprint density at radius 3 is 2.38 bits per heavy atom. The van der Waals surface area contributed by atoms with Crippen molar-refractivity contribution in [2.45, 2.75) is 59.2 Å². The molecular weight excluding hydrogens is 407 g/mol. The van der Waals surface area contributed by atoms with Gasteiger partial charge in [0.15, 0.2) is 0 Å². The molecule has 1 N–H and O–H groups in total. The van der Waals surface area contributed by atoms with Gasteiger partial charge in [-0.25, -0.2) is 0 Å². The molecule has 1 atom stereocenters. The van der Waals surface area contributed by atoms with Gasteiger partial charge in [0, 0.05) is 22.1 Å². The second-order valence-corrected chi connectivity index (χ2v) is 9.18. The highest BCUT2D eigenvalue weighted by Gasteiger charge is 2.28. The smallest absolute Gasteiger partial charge is 0.242 e. The first-order chi connectivity index (χ1) is 13.5. The lowest BCUT2D eigenvalue weighted by atomic mass is 10.1. The maximum absolute atomic E-state index is 13.2. The molecule has 6 heteroatoms. The fraction of sp³-hybridized carbons (Fsp3) is 0.391. The van der Waals surface area contributed by atoms with Crippen molar-refractivity contribution in [3.63, 3.8) is 0 Å². The Labute approximate surface area is 183 Å². The minimum absolute atomic E-state index is 0.141. The third-order valence-electron chi connectivity index (χ3n) is 4.46. The van der Waals surface area contributed by atoms with Crippen LogP contribution in [0.2, 0.25) is 10.0 Å². The summed E-state index contributed by atoms with van der Waals surface area (Å²) < 4.78 is 0. The Bertz CT molecular complexity index is 891. The number of carbonyl (C=O) groups excluding carboxylic acids is 2. The lowest BCUT2D eigenvalue weighted by Gasteiger charge is -2.32. The molecule has 2 aromatic carbocycles. The SMILES string of the molecule is Cc1cccc(CC(=O)N(Cc2ccc(Cl)cc2Cl)C(C)C(=O)NC(C)(C)C)c1. The summed E-state index contributed by atoms with van der Waals surface area (Å²) in [7, 11) is 0. The van der Waals surface area contributed by atoms with Crippen LogP contribution in [0.1, 0.15) is 44.4 Å². The van der Waals surface area contributed by atoms with E-state index in [0.29, 0.717) is 10.0 Å². The van der Waals surface area contributed by atoms with Crippen LogP contribution in [-0.2, 0) is 22.6 Å². The van der Waals surface area contributed by atoms with Gasteiger partial charge in [-0.05, 0) is 57.9 Å². The maximum atomic E-state index is 13.2. The largest absolute Gasteiger partial charge is 0.350 e. The lowest BCUT2D eigenvalue weighted by molar-refractivity contribution is -0.140. The highest BCUT2D eigenvalue weighted by Crippen LogP contribution is 2.24. The van der Waals surface area contributed by atoms with Gasteiger partial charge in [0.2, 0.25) is 11.8 Å². The second-order valence-electron chi connectivity index (χ2n) is 8.34. The Balaban J connectivity index is 2.30. The molecule has 0 aliphatic heterocycles. The van der Waals surface area contributed by atoms with Crippen molar-refractivity contribution < 1.29 is 9.59 Å². The van der Waals surface area contributed by atoms with Gasteiger partial charge >= 0.3 is 0 Å². The van der Waals surface area contributed by atoms with Gasteiger partial charge in [-0.15, -0.1) is 0 Å². The van der Waals surface area contributed by atoms with Crippen LogP contribution in [-0.4, -0.2) is 28.3 Å². The molecule has 0 spiro atoms. The number of hydrogen-bond donors (Lipinski definition) is 1. The fourth-order valence-corrected chi connectivity index (χ4v) is 3.46. The lowest BCUT2D eigenvalue weighted by Crippen LogP contribution is -2.52. The first-order valence-corrected chi connectivity index (χ1v) is 10.3. The summed E-state index contributed by atoms with van der Waals surface area (Å²) in [6.45, 7) is 9.67. The van der Waals surface area contributed by atoms with Crippen LogP contribution in [0, 0.1) is 6.92 Å². The zero-order chi connectivity index (χ0) is 21.8. The van der Waals surface area contributed by atoms with Gasteiger partial charge in [0.25, 0.3) is 0 Å². The number of nitrogens with one attached hydrogen (secondary N) is 1. The highest BCUT2D eigenvalue weighted by atomic mass is 35.5. The van der Waals surface area contributed by atoms with E-state index in [-0.39, 0.29) is 24.8 Å². The van der Waals surface area contributed by atoms with Crippen LogP contribution in [0.5, 0.6) is 0 Å². The molecule has 29 heavy (non-hydrogen) atoms. The van der Waals surface area contributed by atoms with E-state index in [4.69, 9.17) is 23.2 Å². The third-order valence-corrected chi connectivity index (χ3v) is 5.05. The molecule has 0 saturated heterocycles. The monoisotopic (exact) mass is 434 g/mol. The van der Waals surface area contributed by atoms with E-state index < -0.39 is 11.6 Å². The van der Waals surface area contributed by atoms with Gasteiger partial charge in [0.05, 0.1) is 6.42 Å². The topological polar surface area (TPSA) is 49.4 Å². The van der Waals surface area contributed by atoms with E-state index in [1.165, 1.54) is 0 Å². The minimum atomic E-state index is -0.654. The van der Waals surface area contributed by atoms with Crippen LogP contribution >= 0.6 is 23.2 Å². The number of benzene rings is 2. The number of halogens is 2. The van der Waals surface area contributed by atoms with E-state index in [2.05, 4.69) is 5.32 Å². The van der Waals surface area contributed by atoms with Crippen LogP contribution in [0.25, 0.3) is 0 Å². The first-order valence-electron chi connectivity index (χ1n) is 9.57. The van der Waals surface area contributed by atoms with Gasteiger partial charge in [-0.2, -0.15) is 0 Å². The molecule has 1 unspecified atom stereocenters. The van der Waals surface area contributed by atoms with Crippen molar-refractivity contribution in [2.75, 3.05) is 0 Å². The van der Waals surface area contributed by atoms with Gasteiger partial charge in [-0.1, -0.05) is 59.1 Å². The Morgan fingerprint density at radius 2 is 1.79 bits per heavy atom. The molecule has 0 bridgehead atoms. The highest BCUT2D eigenvalue weighted by molar-refractivity contribution is 6.35. The summed E-state index contributed by atoms with van der Waals surface area (Å²) in [4.78, 5) is 27.5. The van der Waals surface area contributed by atoms with Crippen molar-refractivity contribution >= 4 is 35.0 Å². The molecule has 0 aliphatic rings. The predicted molar refractivity (Wildman–Crippen MR) is 119 cm³/mol. The van der Waals surface area contributed by atoms with Crippen LogP contribution in [0.15, 0.2) is 42.5 Å². The van der Waals surface area contributed by atoms with Crippen molar-refractivity contribution in [1.29, 1.82) is 0 Å². The number of carbonyl (C=O) groups is 2. The van der Waals surface area contributed by atoms with Crippen molar-refractivity contribution in [3.05, 3.63) is 69.2 Å². The number of rotatable bonds is 6. The molecule has 0 fully saturated rings. The Kier molecular flexibility index (Phi) is 7.73. The predicted octanol–water partition coefficient (Wildman–Crippen LogP) is 5.18. The Hall–Kier alpha value is -2.04. The molecule has 0 aromatic heterocycles. The average Bonchev–Trinajstić information content (AvgIpc) is 2.59. The van der Waals surface area contributed by atoms with E-state index in [9.17, 15) is 9.59 Å². The molecule has 4 nitrogen and oxygen atoms in total. The summed E-state index contributed by atoms with van der Waals surface area (Å²) in [6.07, 6.45) is 0.208. The zero-order valence-corrected chi connectivity index (χ0v) is 19.1. The summed E-state index contributed by atoms with van der Waals surface area (Å²) in [5.74, 6) is -0.349. The molecule has 0 aliphatic carbocycles. The maximum Gasteiger partial charge on any atom is 0.242 e. The number of aryl methyl sites for hydroxylation is 1. The fourth-order valence-electron chi connectivity index (χ4n) is 2.99. The van der Waals surface area contributed by atoms with Gasteiger partial charge in [-0.3, -0.25) is 9.59 Å². The summed E-state index contributed by atoms with van der Waals surface area (Å²) in [5.41, 5.74) is 2.34. The van der Waals surface area contributed by atoms with Gasteiger partial charge < -0.3 is 10.2 Å². The van der Waals surface area contributed by atoms with Crippen molar-refractivity contribution in [2.24, 2.45) is 0 Å². The van der Waals surface area contributed by atoms with Crippen LogP contribution in [0.3, 0.4) is 0 Å². The molecule has 156 valence electrons. The normalized spacial score (nSPS) is 12.4. The van der Waals surface area contributed by atoms with Crippen LogP contribution in [0.4, 0.5) is 0 Å². The summed E-state index contributed by atoms with van der Waals surface area (Å²) in [5, 5.41) is 3.94. The van der Waals surface area contributed by atoms with E-state index in [1.807, 2.05) is 52.0 Å². The van der Waals surface area contributed by atoms with E-state index >= 15 is 0 Å². The summed E-state index contributed by atoms with van der Waals surface area (Å²) in [6, 6.07) is 12.3. The minimum Gasteiger partial charge on any atom is -0.350 e. The van der Waals surface area contributed by atoms with E-state index in [1.54, 1.807) is 30.0 Å². The molecule has 2 rings (SSSR count). The summed E-state index contributed by atoms with van der Waals surface area (Å²) >= 11 is 12.3. The number of nitrogens with zero attached hydrogens (tertiary/aromatic N) is 1. The van der Waals surface area contributed by atoms with Gasteiger partial charge in [0.1, 0.15) is 6.04 Å². The van der Waals surface area contributed by atoms with E-state index in [0.717, 1.165) is 16.7 Å². The number of hydrogen-bond acceptors (Lipinski definition) is 2. The average molecular weight is 435 g/mol. The standard InChI is InChI=1S/C23H28Cl2N2O2/c1-15-7-6-8-17(11-15)12-21(28)27(16(2)22(29)26-23(3,4)5)14-18-9-10-19(24)13-20(18)25/h6-11,13,16H,12,14H2,1-5H3,(H,26,29). The van der Waals surface area contributed by atoms with Crippen molar-refractivity contribution in [3.8, 4) is 0 Å². The first kappa shape index (κ1) is 23.2. The molecule has 2 aromatic rings. The third kappa shape index (κ3) is 7.06. The number of amides is 2. The molecule has 0 heterocycles. The zero-order valence-electron chi connectivity index (χ0n) is 17.6. The molecule has 0 radical (unpaired) electrons. The van der Waals surface area contributed by atoms with Crippen molar-refractivity contribution in [1.82, 2.24) is 10.2 Å². The molecular formula is C23H28Cl2N2O2. The quantitative estimate of drug-likeness (QED) is 0.680. The second kappa shape index (κ2) is 9.64. The Morgan fingerprint density at radius 1 is 1.10 bits per heavy atom.